The number of aliphatic hydroxyl groups is 1. The zero-order valence-corrected chi connectivity index (χ0v) is 12.5. The van der Waals surface area contributed by atoms with E-state index in [1.807, 2.05) is 37.3 Å². The van der Waals surface area contributed by atoms with Gasteiger partial charge in [0, 0.05) is 5.41 Å². The summed E-state index contributed by atoms with van der Waals surface area (Å²) in [6.45, 7) is 2.61. The van der Waals surface area contributed by atoms with E-state index < -0.39 is 6.10 Å². The topological polar surface area (TPSA) is 29.5 Å². The van der Waals surface area contributed by atoms with Gasteiger partial charge < -0.3 is 9.84 Å². The molecule has 0 spiro atoms. The van der Waals surface area contributed by atoms with Crippen molar-refractivity contribution in [2.24, 2.45) is 0 Å². The molecule has 2 nitrogen and oxygen atoms in total. The van der Waals surface area contributed by atoms with Gasteiger partial charge in [0.15, 0.2) is 0 Å². The Morgan fingerprint density at radius 3 is 2.48 bits per heavy atom. The first-order valence-electron chi connectivity index (χ1n) is 7.72. The van der Waals surface area contributed by atoms with Crippen molar-refractivity contribution in [3.05, 3.63) is 65.7 Å². The van der Waals surface area contributed by atoms with E-state index in [9.17, 15) is 5.11 Å². The summed E-state index contributed by atoms with van der Waals surface area (Å²) in [5.41, 5.74) is 2.06. The zero-order chi connectivity index (χ0) is 14.7. The molecule has 0 aromatic heterocycles. The van der Waals surface area contributed by atoms with Gasteiger partial charge in [-0.1, -0.05) is 48.9 Å². The van der Waals surface area contributed by atoms with Gasteiger partial charge in [0.05, 0.1) is 12.7 Å². The second-order valence-corrected chi connectivity index (χ2v) is 5.78. The van der Waals surface area contributed by atoms with Gasteiger partial charge in [-0.25, -0.2) is 0 Å². The molecule has 2 heteroatoms. The standard InChI is InChI=1S/C19H22O2/c1-2-21-17-11-6-8-15(14-17)18(20)19(12-7-13-19)16-9-4-3-5-10-16/h3-6,8-11,14,18,20H,2,7,12-13H2,1H3. The number of hydrogen-bond acceptors (Lipinski definition) is 2. The number of hydrogen-bond donors (Lipinski definition) is 1. The van der Waals surface area contributed by atoms with E-state index in [2.05, 4.69) is 24.3 Å². The lowest BCUT2D eigenvalue weighted by Crippen LogP contribution is -2.40. The molecule has 21 heavy (non-hydrogen) atoms. The summed E-state index contributed by atoms with van der Waals surface area (Å²) in [4.78, 5) is 0. The molecular weight excluding hydrogens is 260 g/mol. The van der Waals surface area contributed by atoms with Crippen molar-refractivity contribution in [1.82, 2.24) is 0 Å². The van der Waals surface area contributed by atoms with Gasteiger partial charge in [0.25, 0.3) is 0 Å². The van der Waals surface area contributed by atoms with Crippen LogP contribution in [0.1, 0.15) is 43.4 Å². The number of aliphatic hydroxyl groups excluding tert-OH is 1. The maximum Gasteiger partial charge on any atom is 0.119 e. The second-order valence-electron chi connectivity index (χ2n) is 5.78. The maximum absolute atomic E-state index is 11.0. The van der Waals surface area contributed by atoms with Crippen LogP contribution >= 0.6 is 0 Å². The Kier molecular flexibility index (Phi) is 3.98. The van der Waals surface area contributed by atoms with Crippen molar-refractivity contribution in [3.8, 4) is 5.75 Å². The lowest BCUT2D eigenvalue weighted by Gasteiger charge is -2.46. The van der Waals surface area contributed by atoms with E-state index in [0.717, 1.165) is 24.2 Å². The summed E-state index contributed by atoms with van der Waals surface area (Å²) in [5, 5.41) is 11.0. The van der Waals surface area contributed by atoms with E-state index in [0.29, 0.717) is 6.61 Å². The highest BCUT2D eigenvalue weighted by Gasteiger charge is 2.45. The van der Waals surface area contributed by atoms with Crippen LogP contribution in [0.15, 0.2) is 54.6 Å². The average Bonchev–Trinajstić information content (AvgIpc) is 2.48. The first-order chi connectivity index (χ1) is 10.3. The minimum Gasteiger partial charge on any atom is -0.494 e. The van der Waals surface area contributed by atoms with Crippen molar-refractivity contribution < 1.29 is 9.84 Å². The summed E-state index contributed by atoms with van der Waals surface area (Å²) in [6.07, 6.45) is 2.78. The SMILES string of the molecule is CCOc1cccc(C(O)C2(c3ccccc3)CCC2)c1. The number of rotatable bonds is 5. The lowest BCUT2D eigenvalue weighted by molar-refractivity contribution is 0.0267. The first-order valence-corrected chi connectivity index (χ1v) is 7.72. The molecule has 0 saturated heterocycles. The predicted molar refractivity (Wildman–Crippen MR) is 84.5 cm³/mol. The Hall–Kier alpha value is -1.80. The summed E-state index contributed by atoms with van der Waals surface area (Å²) >= 11 is 0. The van der Waals surface area contributed by atoms with Crippen LogP contribution in [0.2, 0.25) is 0 Å². The van der Waals surface area contributed by atoms with Gasteiger partial charge in [-0.3, -0.25) is 0 Å². The fourth-order valence-electron chi connectivity index (χ4n) is 3.31. The first kappa shape index (κ1) is 14.2. The Morgan fingerprint density at radius 1 is 1.10 bits per heavy atom. The van der Waals surface area contributed by atoms with Gasteiger partial charge in [-0.15, -0.1) is 0 Å². The molecule has 3 rings (SSSR count). The van der Waals surface area contributed by atoms with Crippen molar-refractivity contribution in [3.63, 3.8) is 0 Å². The van der Waals surface area contributed by atoms with Gasteiger partial charge in [0.2, 0.25) is 0 Å². The van der Waals surface area contributed by atoms with Crippen LogP contribution in [0, 0.1) is 0 Å². The zero-order valence-electron chi connectivity index (χ0n) is 12.5. The smallest absolute Gasteiger partial charge is 0.119 e. The van der Waals surface area contributed by atoms with Gasteiger partial charge in [-0.05, 0) is 43.0 Å². The molecule has 1 aliphatic rings. The van der Waals surface area contributed by atoms with Crippen LogP contribution in [-0.4, -0.2) is 11.7 Å². The Morgan fingerprint density at radius 2 is 1.86 bits per heavy atom. The Bertz CT molecular complexity index is 588. The van der Waals surface area contributed by atoms with Crippen molar-refractivity contribution in [2.45, 2.75) is 37.7 Å². The maximum atomic E-state index is 11.0. The minimum atomic E-state index is -0.478. The van der Waals surface area contributed by atoms with Crippen molar-refractivity contribution in [2.75, 3.05) is 6.61 Å². The normalized spacial score (nSPS) is 17.8. The molecule has 2 aromatic carbocycles. The third-order valence-corrected chi connectivity index (χ3v) is 4.60. The fraction of sp³-hybridized carbons (Fsp3) is 0.368. The van der Waals surface area contributed by atoms with Crippen LogP contribution in [0.25, 0.3) is 0 Å². The van der Waals surface area contributed by atoms with E-state index in [-0.39, 0.29) is 5.41 Å². The van der Waals surface area contributed by atoms with Crippen LogP contribution in [0.3, 0.4) is 0 Å². The molecule has 0 radical (unpaired) electrons. The predicted octanol–water partition coefficient (Wildman–Crippen LogP) is 4.24. The monoisotopic (exact) mass is 282 g/mol. The van der Waals surface area contributed by atoms with Crippen LogP contribution < -0.4 is 4.74 Å². The fourth-order valence-corrected chi connectivity index (χ4v) is 3.31. The second kappa shape index (κ2) is 5.90. The van der Waals surface area contributed by atoms with Crippen molar-refractivity contribution >= 4 is 0 Å². The van der Waals surface area contributed by atoms with Gasteiger partial charge in [0.1, 0.15) is 5.75 Å². The molecule has 2 aromatic rings. The molecule has 1 atom stereocenters. The number of ether oxygens (including phenoxy) is 1. The quantitative estimate of drug-likeness (QED) is 0.888. The third-order valence-electron chi connectivity index (χ3n) is 4.60. The summed E-state index contributed by atoms with van der Waals surface area (Å²) in [7, 11) is 0. The summed E-state index contributed by atoms with van der Waals surface area (Å²) in [5.74, 6) is 0.830. The highest BCUT2D eigenvalue weighted by atomic mass is 16.5. The minimum absolute atomic E-state index is 0.133. The van der Waals surface area contributed by atoms with Crippen LogP contribution in [0.5, 0.6) is 5.75 Å². The lowest BCUT2D eigenvalue weighted by atomic mass is 9.60. The summed E-state index contributed by atoms with van der Waals surface area (Å²) < 4.78 is 5.56. The molecule has 1 fully saturated rings. The molecular formula is C19H22O2. The average molecular weight is 282 g/mol. The molecule has 1 aliphatic carbocycles. The van der Waals surface area contributed by atoms with Crippen molar-refractivity contribution in [1.29, 1.82) is 0 Å². The highest BCUT2D eigenvalue weighted by Crippen LogP contribution is 2.52. The third kappa shape index (κ3) is 2.56. The van der Waals surface area contributed by atoms with Crippen LogP contribution in [-0.2, 0) is 5.41 Å². The molecule has 110 valence electrons. The molecule has 0 heterocycles. The molecule has 1 N–H and O–H groups in total. The molecule has 1 unspecified atom stereocenters. The summed E-state index contributed by atoms with van der Waals surface area (Å²) in [6, 6.07) is 18.3. The molecule has 1 saturated carbocycles. The van der Waals surface area contributed by atoms with E-state index in [1.165, 1.54) is 12.0 Å². The van der Waals surface area contributed by atoms with Crippen LogP contribution in [0.4, 0.5) is 0 Å². The molecule has 0 amide bonds. The Balaban J connectivity index is 1.92. The Labute approximate surface area is 126 Å². The van der Waals surface area contributed by atoms with Gasteiger partial charge in [-0.2, -0.15) is 0 Å². The van der Waals surface area contributed by atoms with E-state index in [4.69, 9.17) is 4.74 Å². The van der Waals surface area contributed by atoms with E-state index in [1.54, 1.807) is 0 Å². The largest absolute Gasteiger partial charge is 0.494 e. The molecule has 0 aliphatic heterocycles. The van der Waals surface area contributed by atoms with E-state index >= 15 is 0 Å². The molecule has 0 bridgehead atoms. The highest BCUT2D eigenvalue weighted by molar-refractivity contribution is 5.37. The number of benzene rings is 2. The van der Waals surface area contributed by atoms with Gasteiger partial charge >= 0.3 is 0 Å².